The van der Waals surface area contributed by atoms with Crippen LogP contribution in [0.25, 0.3) is 0 Å². The van der Waals surface area contributed by atoms with Crippen LogP contribution >= 0.6 is 0 Å². The molecule has 1 aromatic heterocycles. The molecule has 1 amide bonds. The van der Waals surface area contributed by atoms with E-state index in [1.54, 1.807) is 0 Å². The van der Waals surface area contributed by atoms with Crippen molar-refractivity contribution < 1.29 is 4.79 Å². The number of carbonyl (C=O) groups excluding carboxylic acids is 1. The van der Waals surface area contributed by atoms with Crippen molar-refractivity contribution in [3.05, 3.63) is 17.7 Å². The molecule has 1 heterocycles. The molecule has 0 spiro atoms. The van der Waals surface area contributed by atoms with Gasteiger partial charge in [-0.25, -0.2) is 9.97 Å². The van der Waals surface area contributed by atoms with Crippen LogP contribution in [-0.2, 0) is 0 Å². The zero-order valence-corrected chi connectivity index (χ0v) is 12.0. The number of nitrogens with zero attached hydrogens (tertiary/aromatic N) is 2. The van der Waals surface area contributed by atoms with Crippen LogP contribution in [0.1, 0.15) is 62.8 Å². The Morgan fingerprint density at radius 3 is 2.63 bits per heavy atom. The largest absolute Gasteiger partial charge is 0.396 e. The van der Waals surface area contributed by atoms with Crippen LogP contribution < -0.4 is 11.1 Å². The quantitative estimate of drug-likeness (QED) is 0.870. The highest BCUT2D eigenvalue weighted by Crippen LogP contribution is 2.39. The zero-order valence-electron chi connectivity index (χ0n) is 12.0. The summed E-state index contributed by atoms with van der Waals surface area (Å²) in [5.41, 5.74) is 6.23. The van der Waals surface area contributed by atoms with Gasteiger partial charge in [-0.2, -0.15) is 0 Å². The lowest BCUT2D eigenvalue weighted by Gasteiger charge is -2.26. The molecule has 104 valence electrons. The van der Waals surface area contributed by atoms with Gasteiger partial charge in [0.05, 0.1) is 11.9 Å². The Morgan fingerprint density at radius 1 is 1.47 bits per heavy atom. The van der Waals surface area contributed by atoms with E-state index in [0.717, 1.165) is 0 Å². The first-order valence-electron chi connectivity index (χ1n) is 6.76. The van der Waals surface area contributed by atoms with Gasteiger partial charge in [0.1, 0.15) is 5.82 Å². The molecule has 0 unspecified atom stereocenters. The van der Waals surface area contributed by atoms with Gasteiger partial charge in [0, 0.05) is 11.5 Å². The van der Waals surface area contributed by atoms with E-state index >= 15 is 0 Å². The average molecular weight is 262 g/mol. The van der Waals surface area contributed by atoms with Crippen LogP contribution in [0.5, 0.6) is 0 Å². The third kappa shape index (κ3) is 3.03. The lowest BCUT2D eigenvalue weighted by molar-refractivity contribution is 0.0898. The van der Waals surface area contributed by atoms with E-state index in [0.29, 0.717) is 17.4 Å². The van der Waals surface area contributed by atoms with Crippen LogP contribution in [0.15, 0.2) is 6.20 Å². The summed E-state index contributed by atoms with van der Waals surface area (Å²) in [6.45, 7) is 8.06. The Hall–Kier alpha value is -1.65. The highest BCUT2D eigenvalue weighted by molar-refractivity contribution is 5.97. The number of anilines is 1. The number of carbonyl (C=O) groups is 1. The molecule has 0 atom stereocenters. The Labute approximate surface area is 114 Å². The van der Waals surface area contributed by atoms with Crippen LogP contribution in [0.4, 0.5) is 5.69 Å². The molecular weight excluding hydrogens is 240 g/mol. The Bertz CT molecular complexity index is 492. The van der Waals surface area contributed by atoms with Gasteiger partial charge in [-0.3, -0.25) is 4.79 Å². The molecule has 3 N–H and O–H groups in total. The van der Waals surface area contributed by atoms with Crippen molar-refractivity contribution in [2.45, 2.75) is 52.0 Å². The van der Waals surface area contributed by atoms with E-state index in [9.17, 15) is 4.79 Å². The monoisotopic (exact) mass is 262 g/mol. The van der Waals surface area contributed by atoms with Crippen molar-refractivity contribution in [2.24, 2.45) is 5.92 Å². The fourth-order valence-electron chi connectivity index (χ4n) is 2.12. The van der Waals surface area contributed by atoms with Crippen LogP contribution in [0.3, 0.4) is 0 Å². The summed E-state index contributed by atoms with van der Waals surface area (Å²) in [4.78, 5) is 20.7. The SMILES string of the molecule is CC(C)c1ncc(N)c(C(=O)NC(C)(C)C2CC2)n1. The second kappa shape index (κ2) is 4.79. The summed E-state index contributed by atoms with van der Waals surface area (Å²) < 4.78 is 0. The average Bonchev–Trinajstić information content (AvgIpc) is 3.12. The first kappa shape index (κ1) is 13.8. The highest BCUT2D eigenvalue weighted by Gasteiger charge is 2.39. The van der Waals surface area contributed by atoms with Gasteiger partial charge in [0.25, 0.3) is 5.91 Å². The first-order chi connectivity index (χ1) is 8.81. The number of hydrogen-bond donors (Lipinski definition) is 2. The van der Waals surface area contributed by atoms with Gasteiger partial charge in [0.15, 0.2) is 5.69 Å². The van der Waals surface area contributed by atoms with Crippen molar-refractivity contribution >= 4 is 11.6 Å². The van der Waals surface area contributed by atoms with Gasteiger partial charge in [-0.15, -0.1) is 0 Å². The summed E-state index contributed by atoms with van der Waals surface area (Å²) in [6, 6.07) is 0. The molecule has 5 heteroatoms. The predicted octanol–water partition coefficient (Wildman–Crippen LogP) is 2.10. The second-order valence-corrected chi connectivity index (χ2v) is 6.14. The van der Waals surface area contributed by atoms with Crippen LogP contribution in [0.2, 0.25) is 0 Å². The van der Waals surface area contributed by atoms with Crippen molar-refractivity contribution in [1.29, 1.82) is 0 Å². The van der Waals surface area contributed by atoms with Crippen molar-refractivity contribution in [3.8, 4) is 0 Å². The first-order valence-corrected chi connectivity index (χ1v) is 6.76. The number of amides is 1. The minimum absolute atomic E-state index is 0.170. The molecule has 0 radical (unpaired) electrons. The normalized spacial score (nSPS) is 15.6. The van der Waals surface area contributed by atoms with E-state index in [-0.39, 0.29) is 23.1 Å². The predicted molar refractivity (Wildman–Crippen MR) is 74.8 cm³/mol. The van der Waals surface area contributed by atoms with E-state index < -0.39 is 0 Å². The number of rotatable bonds is 4. The summed E-state index contributed by atoms with van der Waals surface area (Å²) >= 11 is 0. The molecule has 1 aromatic rings. The Morgan fingerprint density at radius 2 is 2.11 bits per heavy atom. The highest BCUT2D eigenvalue weighted by atomic mass is 16.2. The smallest absolute Gasteiger partial charge is 0.272 e. The van der Waals surface area contributed by atoms with Gasteiger partial charge in [-0.1, -0.05) is 13.8 Å². The number of aromatic nitrogens is 2. The summed E-state index contributed by atoms with van der Waals surface area (Å²) in [7, 11) is 0. The van der Waals surface area contributed by atoms with Crippen LogP contribution in [0, 0.1) is 5.92 Å². The third-order valence-electron chi connectivity index (χ3n) is 3.60. The lowest BCUT2D eigenvalue weighted by Crippen LogP contribution is -2.45. The van der Waals surface area contributed by atoms with E-state index in [2.05, 4.69) is 15.3 Å². The molecule has 1 aliphatic carbocycles. The van der Waals surface area contributed by atoms with Gasteiger partial charge < -0.3 is 11.1 Å². The molecular formula is C14H22N4O. The van der Waals surface area contributed by atoms with Gasteiger partial charge in [-0.05, 0) is 32.6 Å². The molecule has 1 saturated carbocycles. The fraction of sp³-hybridized carbons (Fsp3) is 0.643. The third-order valence-corrected chi connectivity index (χ3v) is 3.60. The maximum atomic E-state index is 12.3. The topological polar surface area (TPSA) is 80.9 Å². The number of nitrogens with one attached hydrogen (secondary N) is 1. The molecule has 5 nitrogen and oxygen atoms in total. The summed E-state index contributed by atoms with van der Waals surface area (Å²) in [5.74, 6) is 1.16. The van der Waals surface area contributed by atoms with E-state index in [1.165, 1.54) is 19.0 Å². The maximum absolute atomic E-state index is 12.3. The molecule has 1 aliphatic rings. The number of hydrogen-bond acceptors (Lipinski definition) is 4. The van der Waals surface area contributed by atoms with Crippen molar-refractivity contribution in [3.63, 3.8) is 0 Å². The minimum atomic E-state index is -0.210. The lowest BCUT2D eigenvalue weighted by atomic mass is 9.98. The summed E-state index contributed by atoms with van der Waals surface area (Å²) in [5, 5.41) is 3.03. The molecule has 0 aliphatic heterocycles. The van der Waals surface area contributed by atoms with Crippen molar-refractivity contribution in [2.75, 3.05) is 5.73 Å². The van der Waals surface area contributed by atoms with Gasteiger partial charge >= 0.3 is 0 Å². The Balaban J connectivity index is 2.20. The van der Waals surface area contributed by atoms with E-state index in [4.69, 9.17) is 5.73 Å². The fourth-order valence-corrected chi connectivity index (χ4v) is 2.12. The summed E-state index contributed by atoms with van der Waals surface area (Å²) in [6.07, 6.45) is 3.86. The molecule has 0 saturated heterocycles. The second-order valence-electron chi connectivity index (χ2n) is 6.14. The maximum Gasteiger partial charge on any atom is 0.272 e. The molecule has 1 fully saturated rings. The molecule has 0 bridgehead atoms. The molecule has 0 aromatic carbocycles. The molecule has 19 heavy (non-hydrogen) atoms. The van der Waals surface area contributed by atoms with Gasteiger partial charge in [0.2, 0.25) is 0 Å². The van der Waals surface area contributed by atoms with E-state index in [1.807, 2.05) is 27.7 Å². The Kier molecular flexibility index (Phi) is 3.47. The van der Waals surface area contributed by atoms with Crippen molar-refractivity contribution in [1.82, 2.24) is 15.3 Å². The molecule has 2 rings (SSSR count). The van der Waals surface area contributed by atoms with Crippen LogP contribution in [-0.4, -0.2) is 21.4 Å². The standard InChI is InChI=1S/C14H22N4O/c1-8(2)12-16-7-10(15)11(17-12)13(19)18-14(3,4)9-5-6-9/h7-9H,5-6,15H2,1-4H3,(H,18,19). The minimum Gasteiger partial charge on any atom is -0.396 e. The number of nitrogens with two attached hydrogens (primary N) is 1. The number of nitrogen functional groups attached to an aromatic ring is 1. The zero-order chi connectivity index (χ0) is 14.2.